The summed E-state index contributed by atoms with van der Waals surface area (Å²) < 4.78 is 2.03. The predicted octanol–water partition coefficient (Wildman–Crippen LogP) is 3.83. The van der Waals surface area contributed by atoms with E-state index in [1.165, 1.54) is 0 Å². The van der Waals surface area contributed by atoms with Crippen LogP contribution in [0.15, 0.2) is 54.7 Å². The van der Waals surface area contributed by atoms with Crippen LogP contribution >= 0.6 is 0 Å². The normalized spacial score (nSPS) is 15.2. The van der Waals surface area contributed by atoms with Gasteiger partial charge in [-0.3, -0.25) is 9.69 Å². The lowest BCUT2D eigenvalue weighted by molar-refractivity contribution is 0.0936. The van der Waals surface area contributed by atoms with Gasteiger partial charge in [-0.05, 0) is 24.6 Å². The van der Waals surface area contributed by atoms with E-state index in [0.717, 1.165) is 66.0 Å². The highest BCUT2D eigenvalue weighted by Gasteiger charge is 2.22. The van der Waals surface area contributed by atoms with Crippen LogP contribution in [0.4, 0.5) is 5.95 Å². The first kappa shape index (κ1) is 20.3. The number of nitrogens with zero attached hydrogens (tertiary/aromatic N) is 5. The van der Waals surface area contributed by atoms with E-state index in [1.54, 1.807) is 0 Å². The fourth-order valence-corrected chi connectivity index (χ4v) is 4.54. The largest absolute Gasteiger partial charge is 0.346 e. The molecular formula is C25H26N6O. The van der Waals surface area contributed by atoms with Gasteiger partial charge in [-0.25, -0.2) is 4.98 Å². The lowest BCUT2D eigenvalue weighted by Crippen LogP contribution is -2.34. The highest BCUT2D eigenvalue weighted by molar-refractivity contribution is 6.09. The number of imidazole rings is 1. The molecule has 0 bridgehead atoms. The predicted molar refractivity (Wildman–Crippen MR) is 126 cm³/mol. The number of H-pyrrole nitrogens is 1. The summed E-state index contributed by atoms with van der Waals surface area (Å²) in [6, 6.07) is 18.2. The fourth-order valence-electron chi connectivity index (χ4n) is 4.54. The summed E-state index contributed by atoms with van der Waals surface area (Å²) in [5.41, 5.74) is 3.79. The molecule has 1 fully saturated rings. The van der Waals surface area contributed by atoms with Crippen molar-refractivity contribution in [2.45, 2.75) is 19.4 Å². The fraction of sp³-hybridized carbons (Fsp3) is 0.320. The van der Waals surface area contributed by atoms with E-state index in [9.17, 15) is 4.79 Å². The maximum Gasteiger partial charge on any atom is 0.203 e. The van der Waals surface area contributed by atoms with Crippen molar-refractivity contribution in [3.05, 3.63) is 60.3 Å². The molecule has 1 saturated heterocycles. The Morgan fingerprint density at radius 2 is 1.91 bits per heavy atom. The van der Waals surface area contributed by atoms with Crippen LogP contribution in [0.5, 0.6) is 0 Å². The number of aromatic nitrogens is 3. The van der Waals surface area contributed by atoms with Crippen molar-refractivity contribution in [2.75, 3.05) is 37.6 Å². The quantitative estimate of drug-likeness (QED) is 0.474. The number of benzene rings is 2. The summed E-state index contributed by atoms with van der Waals surface area (Å²) in [5.74, 6) is 1.04. The van der Waals surface area contributed by atoms with Crippen LogP contribution in [-0.2, 0) is 6.54 Å². The number of rotatable bonds is 6. The second kappa shape index (κ2) is 8.85. The van der Waals surface area contributed by atoms with Crippen LogP contribution < -0.4 is 4.90 Å². The molecule has 0 spiro atoms. The maximum absolute atomic E-state index is 13.2. The Hall–Kier alpha value is -3.63. The zero-order valence-corrected chi connectivity index (χ0v) is 18.0. The van der Waals surface area contributed by atoms with Crippen LogP contribution in [0.3, 0.4) is 0 Å². The third-order valence-electron chi connectivity index (χ3n) is 6.19. The van der Waals surface area contributed by atoms with Crippen LogP contribution in [0.2, 0.25) is 0 Å². The Morgan fingerprint density at radius 3 is 2.78 bits per heavy atom. The van der Waals surface area contributed by atoms with E-state index < -0.39 is 0 Å². The number of aromatic amines is 1. The van der Waals surface area contributed by atoms with Gasteiger partial charge in [0.25, 0.3) is 0 Å². The molecule has 3 heterocycles. The molecule has 5 rings (SSSR count). The van der Waals surface area contributed by atoms with E-state index >= 15 is 0 Å². The van der Waals surface area contributed by atoms with E-state index in [4.69, 9.17) is 10.2 Å². The average molecular weight is 427 g/mol. The average Bonchev–Trinajstić information content (AvgIpc) is 3.33. The van der Waals surface area contributed by atoms with Crippen molar-refractivity contribution >= 4 is 33.7 Å². The third kappa shape index (κ3) is 3.97. The van der Waals surface area contributed by atoms with E-state index in [1.807, 2.05) is 59.3 Å². The first-order valence-corrected chi connectivity index (χ1v) is 11.1. The molecule has 7 nitrogen and oxygen atoms in total. The summed E-state index contributed by atoms with van der Waals surface area (Å²) in [7, 11) is 0. The molecule has 0 saturated carbocycles. The topological polar surface area (TPSA) is 80.9 Å². The highest BCUT2D eigenvalue weighted by Crippen LogP contribution is 2.23. The Balaban J connectivity index is 1.29. The number of carbonyl (C=O) groups excluding carboxylic acids is 1. The number of nitriles is 1. The number of Topliss-reactive ketones (excluding diaryl/α,β-unsaturated/α-hetero) is 1. The highest BCUT2D eigenvalue weighted by atomic mass is 16.1. The van der Waals surface area contributed by atoms with Crippen molar-refractivity contribution < 1.29 is 4.79 Å². The molecule has 0 aliphatic carbocycles. The zero-order valence-electron chi connectivity index (χ0n) is 18.0. The smallest absolute Gasteiger partial charge is 0.203 e. The Labute approximate surface area is 186 Å². The molecule has 1 aliphatic rings. The molecule has 2 aromatic carbocycles. The maximum atomic E-state index is 13.2. The van der Waals surface area contributed by atoms with Gasteiger partial charge in [-0.2, -0.15) is 5.26 Å². The van der Waals surface area contributed by atoms with Gasteiger partial charge in [0, 0.05) is 55.4 Å². The second-order valence-electron chi connectivity index (χ2n) is 8.28. The SMILES string of the molecule is N#CCCn1cc(C(=O)CN2CCCN(c3nc4ccccc4[nH]3)CC2)c2ccccc21. The van der Waals surface area contributed by atoms with E-state index in [0.29, 0.717) is 19.5 Å². The minimum atomic E-state index is 0.133. The molecule has 7 heteroatoms. The summed E-state index contributed by atoms with van der Waals surface area (Å²) in [5, 5.41) is 9.92. The molecule has 32 heavy (non-hydrogen) atoms. The lowest BCUT2D eigenvalue weighted by Gasteiger charge is -2.21. The van der Waals surface area contributed by atoms with Crippen LogP contribution in [0.25, 0.3) is 21.9 Å². The first-order valence-electron chi connectivity index (χ1n) is 11.1. The van der Waals surface area contributed by atoms with Gasteiger partial charge < -0.3 is 14.5 Å². The summed E-state index contributed by atoms with van der Waals surface area (Å²) in [6.07, 6.45) is 3.33. The van der Waals surface area contributed by atoms with Gasteiger partial charge in [0.15, 0.2) is 5.78 Å². The van der Waals surface area contributed by atoms with Gasteiger partial charge in [0.1, 0.15) is 0 Å². The molecular weight excluding hydrogens is 400 g/mol. The molecule has 0 unspecified atom stereocenters. The molecule has 1 aliphatic heterocycles. The Bertz CT molecular complexity index is 1260. The van der Waals surface area contributed by atoms with Gasteiger partial charge in [0.05, 0.1) is 30.1 Å². The van der Waals surface area contributed by atoms with Crippen molar-refractivity contribution in [3.8, 4) is 6.07 Å². The standard InChI is InChI=1S/C25H26N6O/c26-11-5-13-31-17-20(19-7-1-4-10-23(19)31)24(32)18-29-12-6-14-30(16-15-29)25-27-21-8-2-3-9-22(21)28-25/h1-4,7-10,17H,5-6,12-16,18H2,(H,27,28). The van der Waals surface area contributed by atoms with Crippen molar-refractivity contribution in [3.63, 3.8) is 0 Å². The van der Waals surface area contributed by atoms with Gasteiger partial charge in [-0.15, -0.1) is 0 Å². The van der Waals surface area contributed by atoms with Crippen molar-refractivity contribution in [1.29, 1.82) is 5.26 Å². The number of carbonyl (C=O) groups is 1. The minimum absolute atomic E-state index is 0.133. The van der Waals surface area contributed by atoms with E-state index in [-0.39, 0.29) is 5.78 Å². The number of fused-ring (bicyclic) bond motifs is 2. The molecule has 0 atom stereocenters. The number of nitrogens with one attached hydrogen (secondary N) is 1. The number of para-hydroxylation sites is 3. The molecule has 2 aromatic heterocycles. The molecule has 4 aromatic rings. The second-order valence-corrected chi connectivity index (χ2v) is 8.28. The molecule has 1 N–H and O–H groups in total. The van der Waals surface area contributed by atoms with Crippen LogP contribution in [0.1, 0.15) is 23.2 Å². The minimum Gasteiger partial charge on any atom is -0.346 e. The third-order valence-corrected chi connectivity index (χ3v) is 6.19. The van der Waals surface area contributed by atoms with Gasteiger partial charge in [-0.1, -0.05) is 30.3 Å². The van der Waals surface area contributed by atoms with Gasteiger partial charge in [0.2, 0.25) is 5.95 Å². The van der Waals surface area contributed by atoms with Crippen LogP contribution in [-0.4, -0.2) is 57.9 Å². The zero-order chi connectivity index (χ0) is 21.9. The number of hydrogen-bond donors (Lipinski definition) is 1. The molecule has 162 valence electrons. The Morgan fingerprint density at radius 1 is 1.06 bits per heavy atom. The number of aryl methyl sites for hydroxylation is 1. The number of anilines is 1. The van der Waals surface area contributed by atoms with Gasteiger partial charge >= 0.3 is 0 Å². The number of ketones is 1. The first-order chi connectivity index (χ1) is 15.7. The van der Waals surface area contributed by atoms with Crippen molar-refractivity contribution in [2.24, 2.45) is 0 Å². The summed E-state index contributed by atoms with van der Waals surface area (Å²) in [6.45, 7) is 4.45. The monoisotopic (exact) mass is 426 g/mol. The lowest BCUT2D eigenvalue weighted by atomic mass is 10.1. The van der Waals surface area contributed by atoms with Crippen LogP contribution in [0, 0.1) is 11.3 Å². The Kier molecular flexibility index (Phi) is 5.61. The van der Waals surface area contributed by atoms with E-state index in [2.05, 4.69) is 20.9 Å². The summed E-state index contributed by atoms with van der Waals surface area (Å²) >= 11 is 0. The molecule has 0 amide bonds. The number of hydrogen-bond acceptors (Lipinski definition) is 5. The van der Waals surface area contributed by atoms with Crippen molar-refractivity contribution in [1.82, 2.24) is 19.4 Å². The molecule has 0 radical (unpaired) electrons. The summed E-state index contributed by atoms with van der Waals surface area (Å²) in [4.78, 5) is 25.9.